The van der Waals surface area contributed by atoms with Crippen molar-refractivity contribution in [1.82, 2.24) is 15.1 Å². The summed E-state index contributed by atoms with van der Waals surface area (Å²) in [5, 5.41) is 9.53. The van der Waals surface area contributed by atoms with Crippen LogP contribution in [-0.2, 0) is 20.2 Å². The van der Waals surface area contributed by atoms with E-state index in [2.05, 4.69) is 15.7 Å². The van der Waals surface area contributed by atoms with Gasteiger partial charge in [-0.1, -0.05) is 18.2 Å². The van der Waals surface area contributed by atoms with E-state index in [1.165, 1.54) is 10.9 Å². The minimum Gasteiger partial charge on any atom is -0.485 e. The highest BCUT2D eigenvalue weighted by Crippen LogP contribution is 2.20. The number of aromatic nitrogens is 2. The molecule has 0 spiro atoms. The van der Waals surface area contributed by atoms with E-state index in [4.69, 9.17) is 13.6 Å². The smallest absolute Gasteiger partial charge is 0.291 e. The number of carbonyl (C=O) groups is 2. The first kappa shape index (κ1) is 21.0. The van der Waals surface area contributed by atoms with Crippen molar-refractivity contribution >= 4 is 17.5 Å². The molecule has 0 atom stereocenters. The molecule has 0 bridgehead atoms. The van der Waals surface area contributed by atoms with Crippen LogP contribution < -0.4 is 15.4 Å². The van der Waals surface area contributed by atoms with E-state index in [1.807, 2.05) is 31.2 Å². The number of furan rings is 2. The number of nitrogens with one attached hydrogen (secondary N) is 2. The Balaban J connectivity index is 1.39. The molecule has 9 nitrogen and oxygen atoms in total. The Labute approximate surface area is 184 Å². The summed E-state index contributed by atoms with van der Waals surface area (Å²) in [6.45, 7) is 2.34. The van der Waals surface area contributed by atoms with Crippen LogP contribution in [0.3, 0.4) is 0 Å². The SMILES string of the molecule is Cc1ccccc1OCc1ccc(C(=O)Nc2cn(C)nc2C(=O)NCc2ccco2)o1. The molecular formula is C23H22N4O5. The lowest BCUT2D eigenvalue weighted by molar-refractivity contribution is 0.0943. The molecule has 0 unspecified atom stereocenters. The van der Waals surface area contributed by atoms with E-state index in [1.54, 1.807) is 37.5 Å². The number of hydrogen-bond donors (Lipinski definition) is 2. The van der Waals surface area contributed by atoms with Crippen molar-refractivity contribution in [3.8, 4) is 5.75 Å². The molecule has 0 aliphatic carbocycles. The van der Waals surface area contributed by atoms with Crippen LogP contribution in [-0.4, -0.2) is 21.6 Å². The van der Waals surface area contributed by atoms with Crippen LogP contribution in [0.25, 0.3) is 0 Å². The molecule has 0 radical (unpaired) electrons. The first-order chi connectivity index (χ1) is 15.5. The second-order valence-electron chi connectivity index (χ2n) is 7.10. The van der Waals surface area contributed by atoms with Gasteiger partial charge in [0.15, 0.2) is 11.5 Å². The maximum Gasteiger partial charge on any atom is 0.291 e. The number of amides is 2. The minimum atomic E-state index is -0.500. The maximum absolute atomic E-state index is 12.7. The summed E-state index contributed by atoms with van der Waals surface area (Å²) >= 11 is 0. The predicted molar refractivity (Wildman–Crippen MR) is 115 cm³/mol. The molecule has 1 aromatic carbocycles. The zero-order valence-corrected chi connectivity index (χ0v) is 17.6. The van der Waals surface area contributed by atoms with Crippen LogP contribution in [0, 0.1) is 6.92 Å². The first-order valence-corrected chi connectivity index (χ1v) is 9.92. The number of carbonyl (C=O) groups excluding carboxylic acids is 2. The number of aryl methyl sites for hydroxylation is 2. The van der Waals surface area contributed by atoms with Gasteiger partial charge in [0.2, 0.25) is 0 Å². The predicted octanol–water partition coefficient (Wildman–Crippen LogP) is 3.68. The quantitative estimate of drug-likeness (QED) is 0.438. The summed E-state index contributed by atoms with van der Waals surface area (Å²) in [6, 6.07) is 14.4. The fraction of sp³-hybridized carbons (Fsp3) is 0.174. The van der Waals surface area contributed by atoms with Crippen molar-refractivity contribution in [1.29, 1.82) is 0 Å². The Morgan fingerprint density at radius 1 is 1.06 bits per heavy atom. The van der Waals surface area contributed by atoms with Gasteiger partial charge in [0.25, 0.3) is 11.8 Å². The van der Waals surface area contributed by atoms with Gasteiger partial charge in [0.05, 0.1) is 18.5 Å². The summed E-state index contributed by atoms with van der Waals surface area (Å²) in [6.07, 6.45) is 3.07. The Hall–Kier alpha value is -4.27. The van der Waals surface area contributed by atoms with Crippen LogP contribution in [0.1, 0.15) is 38.1 Å². The first-order valence-electron chi connectivity index (χ1n) is 9.92. The summed E-state index contributed by atoms with van der Waals surface area (Å²) < 4.78 is 18.0. The monoisotopic (exact) mass is 434 g/mol. The maximum atomic E-state index is 12.7. The molecule has 0 aliphatic rings. The van der Waals surface area contributed by atoms with Crippen molar-refractivity contribution in [2.45, 2.75) is 20.1 Å². The molecule has 0 aliphatic heterocycles. The Morgan fingerprint density at radius 2 is 1.91 bits per heavy atom. The van der Waals surface area contributed by atoms with Crippen molar-refractivity contribution < 1.29 is 23.2 Å². The zero-order valence-electron chi connectivity index (χ0n) is 17.6. The molecular weight excluding hydrogens is 412 g/mol. The number of anilines is 1. The van der Waals surface area contributed by atoms with Crippen LogP contribution in [0.4, 0.5) is 5.69 Å². The number of nitrogens with zero attached hydrogens (tertiary/aromatic N) is 2. The van der Waals surface area contributed by atoms with Gasteiger partial charge in [0.1, 0.15) is 23.9 Å². The largest absolute Gasteiger partial charge is 0.485 e. The molecule has 0 saturated heterocycles. The molecule has 2 N–H and O–H groups in total. The van der Waals surface area contributed by atoms with Crippen molar-refractivity contribution in [2.24, 2.45) is 7.05 Å². The van der Waals surface area contributed by atoms with Crippen LogP contribution >= 0.6 is 0 Å². The molecule has 9 heteroatoms. The van der Waals surface area contributed by atoms with E-state index in [0.29, 0.717) is 11.5 Å². The van der Waals surface area contributed by atoms with Crippen molar-refractivity contribution in [2.75, 3.05) is 5.32 Å². The molecule has 3 heterocycles. The second-order valence-corrected chi connectivity index (χ2v) is 7.10. The van der Waals surface area contributed by atoms with Crippen molar-refractivity contribution in [3.05, 3.63) is 89.5 Å². The van der Waals surface area contributed by atoms with E-state index in [9.17, 15) is 9.59 Å². The molecule has 0 saturated carbocycles. The highest BCUT2D eigenvalue weighted by molar-refractivity contribution is 6.07. The Bertz CT molecular complexity index is 1220. The van der Waals surface area contributed by atoms with Gasteiger partial charge in [-0.3, -0.25) is 14.3 Å². The lowest BCUT2D eigenvalue weighted by Gasteiger charge is -2.07. The Kier molecular flexibility index (Phi) is 6.07. The van der Waals surface area contributed by atoms with E-state index in [0.717, 1.165) is 11.3 Å². The lowest BCUT2D eigenvalue weighted by Crippen LogP contribution is -2.25. The van der Waals surface area contributed by atoms with Crippen LogP contribution in [0.5, 0.6) is 5.75 Å². The lowest BCUT2D eigenvalue weighted by atomic mass is 10.2. The summed E-state index contributed by atoms with van der Waals surface area (Å²) in [4.78, 5) is 25.2. The molecule has 4 aromatic rings. The fourth-order valence-electron chi connectivity index (χ4n) is 3.04. The van der Waals surface area contributed by atoms with E-state index in [-0.39, 0.29) is 30.3 Å². The average molecular weight is 434 g/mol. The van der Waals surface area contributed by atoms with Gasteiger partial charge in [0, 0.05) is 13.2 Å². The fourth-order valence-corrected chi connectivity index (χ4v) is 3.04. The van der Waals surface area contributed by atoms with Gasteiger partial charge in [-0.15, -0.1) is 0 Å². The molecule has 2 amide bonds. The van der Waals surface area contributed by atoms with Gasteiger partial charge >= 0.3 is 0 Å². The third-order valence-electron chi connectivity index (χ3n) is 4.64. The minimum absolute atomic E-state index is 0.0853. The van der Waals surface area contributed by atoms with Crippen LogP contribution in [0.2, 0.25) is 0 Å². The third kappa shape index (κ3) is 4.89. The molecule has 164 valence electrons. The van der Waals surface area contributed by atoms with E-state index >= 15 is 0 Å². The summed E-state index contributed by atoms with van der Waals surface area (Å²) in [5.41, 5.74) is 1.36. The van der Waals surface area contributed by atoms with E-state index < -0.39 is 11.8 Å². The number of ether oxygens (including phenoxy) is 1. The van der Waals surface area contributed by atoms with Crippen molar-refractivity contribution in [3.63, 3.8) is 0 Å². The molecule has 3 aromatic heterocycles. The highest BCUT2D eigenvalue weighted by atomic mass is 16.5. The van der Waals surface area contributed by atoms with Gasteiger partial charge in [-0.25, -0.2) is 0 Å². The topological polar surface area (TPSA) is 112 Å². The summed E-state index contributed by atoms with van der Waals surface area (Å²) in [7, 11) is 1.66. The van der Waals surface area contributed by atoms with Gasteiger partial charge in [-0.2, -0.15) is 5.10 Å². The highest BCUT2D eigenvalue weighted by Gasteiger charge is 2.20. The average Bonchev–Trinajstić information content (AvgIpc) is 3.53. The zero-order chi connectivity index (χ0) is 22.5. The normalized spacial score (nSPS) is 10.7. The number of benzene rings is 1. The number of rotatable bonds is 8. The third-order valence-corrected chi connectivity index (χ3v) is 4.64. The molecule has 0 fully saturated rings. The van der Waals surface area contributed by atoms with Gasteiger partial charge in [-0.05, 0) is 42.8 Å². The number of hydrogen-bond acceptors (Lipinski definition) is 6. The molecule has 4 rings (SSSR count). The molecule has 32 heavy (non-hydrogen) atoms. The Morgan fingerprint density at radius 3 is 2.69 bits per heavy atom. The van der Waals surface area contributed by atoms with Crippen LogP contribution in [0.15, 0.2) is 69.8 Å². The summed E-state index contributed by atoms with van der Waals surface area (Å²) in [5.74, 6) is 1.01. The second kappa shape index (κ2) is 9.25. The van der Waals surface area contributed by atoms with Gasteiger partial charge < -0.3 is 24.2 Å². The standard InChI is InChI=1S/C23H22N4O5/c1-15-6-3-4-8-19(15)31-14-17-9-10-20(32-17)22(28)25-18-13-27(2)26-21(18)23(29)24-12-16-7-5-11-30-16/h3-11,13H,12,14H2,1-2H3,(H,24,29)(H,25,28). The number of para-hydroxylation sites is 1.